The number of halogens is 1. The van der Waals surface area contributed by atoms with Crippen molar-refractivity contribution >= 4 is 40.9 Å². The number of hydrogen-bond acceptors (Lipinski definition) is 4. The number of piperazine rings is 1. The second-order valence-corrected chi connectivity index (χ2v) is 9.55. The summed E-state index contributed by atoms with van der Waals surface area (Å²) >= 11 is 6.11. The number of amides is 2. The standard InChI is InChI=1S/C29H28ClN3O3/c1-20-7-5-11-24(21(20)2)31-13-15-32(16-14-31)28(34)19-33-25-10-3-4-12-26(25)36-27(29(33)35)18-22-8-6-9-23(30)17-22/h3-12,17-18H,13-16,19H2,1-2H3/b27-18+. The number of para-hydroxylation sites is 2. The fourth-order valence-corrected chi connectivity index (χ4v) is 4.88. The van der Waals surface area contributed by atoms with Gasteiger partial charge in [0.1, 0.15) is 6.54 Å². The maximum atomic E-state index is 13.4. The normalized spacial score (nSPS) is 16.7. The number of anilines is 2. The van der Waals surface area contributed by atoms with E-state index >= 15 is 0 Å². The Morgan fingerprint density at radius 1 is 0.944 bits per heavy atom. The molecule has 0 N–H and O–H groups in total. The van der Waals surface area contributed by atoms with E-state index in [1.54, 1.807) is 30.3 Å². The van der Waals surface area contributed by atoms with Crippen LogP contribution in [0.3, 0.4) is 0 Å². The van der Waals surface area contributed by atoms with Crippen molar-refractivity contribution in [1.82, 2.24) is 4.90 Å². The van der Waals surface area contributed by atoms with Crippen molar-refractivity contribution in [2.75, 3.05) is 42.5 Å². The van der Waals surface area contributed by atoms with Gasteiger partial charge in [-0.3, -0.25) is 14.5 Å². The molecule has 0 saturated carbocycles. The Bertz CT molecular complexity index is 1350. The highest BCUT2D eigenvalue weighted by molar-refractivity contribution is 6.30. The number of ether oxygens (including phenoxy) is 1. The van der Waals surface area contributed by atoms with Crippen molar-refractivity contribution in [3.8, 4) is 5.75 Å². The van der Waals surface area contributed by atoms with Crippen LogP contribution in [0.25, 0.3) is 6.08 Å². The predicted molar refractivity (Wildman–Crippen MR) is 144 cm³/mol. The molecule has 2 amide bonds. The van der Waals surface area contributed by atoms with Crippen LogP contribution >= 0.6 is 11.6 Å². The van der Waals surface area contributed by atoms with E-state index in [0.29, 0.717) is 29.5 Å². The molecule has 1 fully saturated rings. The summed E-state index contributed by atoms with van der Waals surface area (Å²) in [5.74, 6) is 0.264. The molecule has 3 aromatic carbocycles. The van der Waals surface area contributed by atoms with Crippen molar-refractivity contribution in [3.63, 3.8) is 0 Å². The summed E-state index contributed by atoms with van der Waals surface area (Å²) in [5.41, 5.74) is 5.09. The third kappa shape index (κ3) is 4.82. The Morgan fingerprint density at radius 3 is 2.44 bits per heavy atom. The first-order valence-electron chi connectivity index (χ1n) is 12.1. The maximum Gasteiger partial charge on any atom is 0.294 e. The lowest BCUT2D eigenvalue weighted by Crippen LogP contribution is -2.52. The molecule has 36 heavy (non-hydrogen) atoms. The van der Waals surface area contributed by atoms with Crippen LogP contribution in [0.15, 0.2) is 72.5 Å². The summed E-state index contributed by atoms with van der Waals surface area (Å²) in [6.07, 6.45) is 1.66. The molecule has 2 aliphatic heterocycles. The molecule has 7 heteroatoms. The van der Waals surface area contributed by atoms with Crippen LogP contribution in [0.2, 0.25) is 5.02 Å². The van der Waals surface area contributed by atoms with E-state index in [9.17, 15) is 9.59 Å². The second kappa shape index (κ2) is 10.1. The second-order valence-electron chi connectivity index (χ2n) is 9.11. The third-order valence-corrected chi connectivity index (χ3v) is 7.06. The Morgan fingerprint density at radius 2 is 1.67 bits per heavy atom. The Hall–Kier alpha value is -3.77. The van der Waals surface area contributed by atoms with Crippen molar-refractivity contribution in [2.45, 2.75) is 13.8 Å². The molecule has 6 nitrogen and oxygen atoms in total. The largest absolute Gasteiger partial charge is 0.449 e. The monoisotopic (exact) mass is 501 g/mol. The minimum absolute atomic E-state index is 0.0461. The first-order chi connectivity index (χ1) is 17.4. The average molecular weight is 502 g/mol. The molecular weight excluding hydrogens is 474 g/mol. The van der Waals surface area contributed by atoms with Crippen LogP contribution < -0.4 is 14.5 Å². The highest BCUT2D eigenvalue weighted by Crippen LogP contribution is 2.35. The van der Waals surface area contributed by atoms with Crippen LogP contribution in [-0.2, 0) is 9.59 Å². The summed E-state index contributed by atoms with van der Waals surface area (Å²) in [6, 6.07) is 20.8. The maximum absolute atomic E-state index is 13.4. The van der Waals surface area contributed by atoms with E-state index < -0.39 is 0 Å². The van der Waals surface area contributed by atoms with E-state index in [-0.39, 0.29) is 24.1 Å². The molecule has 2 aliphatic rings. The van der Waals surface area contributed by atoms with Crippen molar-refractivity contribution in [1.29, 1.82) is 0 Å². The number of nitrogens with zero attached hydrogens (tertiary/aromatic N) is 3. The highest BCUT2D eigenvalue weighted by Gasteiger charge is 2.33. The molecular formula is C29H28ClN3O3. The molecule has 184 valence electrons. The van der Waals surface area contributed by atoms with Gasteiger partial charge in [-0.05, 0) is 66.9 Å². The third-order valence-electron chi connectivity index (χ3n) is 6.82. The van der Waals surface area contributed by atoms with Crippen molar-refractivity contribution < 1.29 is 14.3 Å². The Labute approximate surface area is 216 Å². The van der Waals surface area contributed by atoms with Gasteiger partial charge in [-0.15, -0.1) is 0 Å². The number of fused-ring (bicyclic) bond motifs is 1. The molecule has 0 bridgehead atoms. The Balaban J connectivity index is 1.32. The number of hydrogen-bond donors (Lipinski definition) is 0. The fourth-order valence-electron chi connectivity index (χ4n) is 4.68. The first-order valence-corrected chi connectivity index (χ1v) is 12.4. The minimum Gasteiger partial charge on any atom is -0.449 e. The number of aryl methyl sites for hydroxylation is 1. The summed E-state index contributed by atoms with van der Waals surface area (Å²) in [5, 5.41) is 0.569. The van der Waals surface area contributed by atoms with Crippen LogP contribution in [-0.4, -0.2) is 49.4 Å². The van der Waals surface area contributed by atoms with E-state index in [1.807, 2.05) is 29.2 Å². The van der Waals surface area contributed by atoms with Gasteiger partial charge >= 0.3 is 0 Å². The fraction of sp³-hybridized carbons (Fsp3) is 0.241. The molecule has 0 aliphatic carbocycles. The lowest BCUT2D eigenvalue weighted by atomic mass is 10.1. The van der Waals surface area contributed by atoms with Gasteiger partial charge in [-0.2, -0.15) is 0 Å². The SMILES string of the molecule is Cc1cccc(N2CCN(C(=O)CN3C(=O)/C(=C\c4cccc(Cl)c4)Oc4ccccc43)CC2)c1C. The number of benzene rings is 3. The summed E-state index contributed by atoms with van der Waals surface area (Å²) in [7, 11) is 0. The van der Waals surface area contributed by atoms with E-state index in [0.717, 1.165) is 18.7 Å². The molecule has 5 rings (SSSR count). The molecule has 1 saturated heterocycles. The van der Waals surface area contributed by atoms with Gasteiger partial charge < -0.3 is 14.5 Å². The van der Waals surface area contributed by atoms with Crippen LogP contribution in [0.5, 0.6) is 5.75 Å². The van der Waals surface area contributed by atoms with E-state index in [1.165, 1.54) is 21.7 Å². The van der Waals surface area contributed by atoms with Crippen LogP contribution in [0.4, 0.5) is 11.4 Å². The van der Waals surface area contributed by atoms with Gasteiger partial charge in [-0.25, -0.2) is 0 Å². The molecule has 2 heterocycles. The lowest BCUT2D eigenvalue weighted by Gasteiger charge is -2.38. The number of carbonyl (C=O) groups is 2. The van der Waals surface area contributed by atoms with Gasteiger partial charge in [0.2, 0.25) is 5.91 Å². The van der Waals surface area contributed by atoms with Gasteiger partial charge in [0.15, 0.2) is 11.5 Å². The minimum atomic E-state index is -0.351. The zero-order valence-electron chi connectivity index (χ0n) is 20.4. The van der Waals surface area contributed by atoms with Crippen LogP contribution in [0.1, 0.15) is 16.7 Å². The van der Waals surface area contributed by atoms with Crippen molar-refractivity contribution in [3.05, 3.63) is 94.2 Å². The number of carbonyl (C=O) groups excluding carboxylic acids is 2. The molecule has 0 spiro atoms. The van der Waals surface area contributed by atoms with Crippen molar-refractivity contribution in [2.24, 2.45) is 0 Å². The van der Waals surface area contributed by atoms with Gasteiger partial charge in [0.05, 0.1) is 5.69 Å². The van der Waals surface area contributed by atoms with Crippen LogP contribution in [0, 0.1) is 13.8 Å². The zero-order valence-corrected chi connectivity index (χ0v) is 21.2. The first kappa shape index (κ1) is 23.9. The summed E-state index contributed by atoms with van der Waals surface area (Å²) < 4.78 is 5.92. The zero-order chi connectivity index (χ0) is 25.2. The topological polar surface area (TPSA) is 53.1 Å². The summed E-state index contributed by atoms with van der Waals surface area (Å²) in [6.45, 7) is 6.93. The van der Waals surface area contributed by atoms with E-state index in [4.69, 9.17) is 16.3 Å². The predicted octanol–water partition coefficient (Wildman–Crippen LogP) is 5.07. The molecule has 0 atom stereocenters. The molecule has 3 aromatic rings. The highest BCUT2D eigenvalue weighted by atomic mass is 35.5. The Kier molecular flexibility index (Phi) is 6.70. The lowest BCUT2D eigenvalue weighted by molar-refractivity contribution is -0.131. The summed E-state index contributed by atoms with van der Waals surface area (Å²) in [4.78, 5) is 32.4. The number of rotatable bonds is 4. The van der Waals surface area contributed by atoms with Gasteiger partial charge in [-0.1, -0.05) is 48.0 Å². The smallest absolute Gasteiger partial charge is 0.294 e. The quantitative estimate of drug-likeness (QED) is 0.468. The molecule has 0 aromatic heterocycles. The van der Waals surface area contributed by atoms with Gasteiger partial charge in [0.25, 0.3) is 5.91 Å². The van der Waals surface area contributed by atoms with Gasteiger partial charge in [0, 0.05) is 36.9 Å². The molecule has 0 radical (unpaired) electrons. The van der Waals surface area contributed by atoms with E-state index in [2.05, 4.69) is 36.9 Å². The average Bonchev–Trinajstić information content (AvgIpc) is 2.88. The molecule has 0 unspecified atom stereocenters.